The fourth-order valence-electron chi connectivity index (χ4n) is 1.78. The van der Waals surface area contributed by atoms with Crippen LogP contribution in [0.3, 0.4) is 0 Å². The van der Waals surface area contributed by atoms with Crippen LogP contribution in [0.1, 0.15) is 37.3 Å². The maximum absolute atomic E-state index is 12.3. The first-order valence-corrected chi connectivity index (χ1v) is 8.29. The average Bonchev–Trinajstić information content (AvgIpc) is 2.42. The lowest BCUT2D eigenvalue weighted by molar-refractivity contribution is 0.575. The second kappa shape index (κ2) is 8.05. The number of rotatable bonds is 6. The topological polar surface area (TPSA) is 72.2 Å². The summed E-state index contributed by atoms with van der Waals surface area (Å²) in [6.07, 6.45) is 2.93. The van der Waals surface area contributed by atoms with Crippen molar-refractivity contribution in [2.24, 2.45) is 5.73 Å². The molecule has 20 heavy (non-hydrogen) atoms. The quantitative estimate of drug-likeness (QED) is 0.620. The van der Waals surface area contributed by atoms with Gasteiger partial charge in [-0.3, -0.25) is 0 Å². The summed E-state index contributed by atoms with van der Waals surface area (Å²) in [6.45, 7) is 4.58. The normalized spacial score (nSPS) is 10.9. The summed E-state index contributed by atoms with van der Waals surface area (Å²) in [7, 11) is -3.47. The van der Waals surface area contributed by atoms with E-state index in [4.69, 9.17) is 5.73 Å². The van der Waals surface area contributed by atoms with E-state index in [0.717, 1.165) is 19.3 Å². The molecule has 0 unspecified atom stereocenters. The number of hydrogen-bond donors (Lipinski definition) is 2. The van der Waals surface area contributed by atoms with Gasteiger partial charge in [0.05, 0.1) is 11.4 Å². The maximum atomic E-state index is 12.3. The summed E-state index contributed by atoms with van der Waals surface area (Å²) in [4.78, 5) is 0.290. The monoisotopic (exact) mass is 294 g/mol. The molecule has 0 atom stereocenters. The van der Waals surface area contributed by atoms with Gasteiger partial charge in [-0.2, -0.15) is 0 Å². The van der Waals surface area contributed by atoms with Crippen molar-refractivity contribution in [2.75, 3.05) is 13.1 Å². The van der Waals surface area contributed by atoms with Crippen LogP contribution in [0.25, 0.3) is 0 Å². The number of benzene rings is 1. The third-order valence-corrected chi connectivity index (χ3v) is 4.49. The Bertz CT molecular complexity index is 598. The largest absolute Gasteiger partial charge is 0.320 e. The Kier molecular flexibility index (Phi) is 6.73. The van der Waals surface area contributed by atoms with E-state index in [1.54, 1.807) is 25.1 Å². The highest BCUT2D eigenvalue weighted by Crippen LogP contribution is 2.16. The Morgan fingerprint density at radius 3 is 2.70 bits per heavy atom. The zero-order chi connectivity index (χ0) is 15.0. The van der Waals surface area contributed by atoms with Crippen LogP contribution in [0.5, 0.6) is 0 Å². The Labute approximate surface area is 121 Å². The molecule has 0 bridgehead atoms. The first kappa shape index (κ1) is 16.7. The highest BCUT2D eigenvalue weighted by molar-refractivity contribution is 7.89. The molecule has 5 heteroatoms. The molecule has 0 saturated heterocycles. The lowest BCUT2D eigenvalue weighted by atomic mass is 10.1. The third-order valence-electron chi connectivity index (χ3n) is 2.88. The van der Waals surface area contributed by atoms with Crippen molar-refractivity contribution in [1.82, 2.24) is 4.72 Å². The lowest BCUT2D eigenvalue weighted by Crippen LogP contribution is -2.25. The maximum Gasteiger partial charge on any atom is 0.240 e. The van der Waals surface area contributed by atoms with Crippen LogP contribution < -0.4 is 10.5 Å². The number of nitrogens with two attached hydrogens (primary N) is 1. The summed E-state index contributed by atoms with van der Waals surface area (Å²) < 4.78 is 27.1. The molecule has 0 amide bonds. The van der Waals surface area contributed by atoms with Crippen molar-refractivity contribution in [1.29, 1.82) is 0 Å². The SMILES string of the molecule is CCCCCNS(=O)(=O)c1cc(C#CCN)ccc1C. The van der Waals surface area contributed by atoms with E-state index in [1.165, 1.54) is 0 Å². The van der Waals surface area contributed by atoms with Crippen molar-refractivity contribution in [3.05, 3.63) is 29.3 Å². The zero-order valence-electron chi connectivity index (χ0n) is 12.1. The van der Waals surface area contributed by atoms with Gasteiger partial charge in [-0.05, 0) is 31.0 Å². The van der Waals surface area contributed by atoms with E-state index in [9.17, 15) is 8.42 Å². The molecule has 1 rings (SSSR count). The molecule has 0 fully saturated rings. The predicted molar refractivity (Wildman–Crippen MR) is 81.8 cm³/mol. The molecule has 0 aliphatic carbocycles. The van der Waals surface area contributed by atoms with Gasteiger partial charge >= 0.3 is 0 Å². The molecular weight excluding hydrogens is 272 g/mol. The van der Waals surface area contributed by atoms with Crippen molar-refractivity contribution >= 4 is 10.0 Å². The predicted octanol–water partition coefficient (Wildman–Crippen LogP) is 1.77. The zero-order valence-corrected chi connectivity index (χ0v) is 12.9. The van der Waals surface area contributed by atoms with Crippen LogP contribution in [0.2, 0.25) is 0 Å². The summed E-state index contributed by atoms with van der Waals surface area (Å²) >= 11 is 0. The number of hydrogen-bond acceptors (Lipinski definition) is 3. The molecule has 0 spiro atoms. The van der Waals surface area contributed by atoms with Crippen LogP contribution in [0.4, 0.5) is 0 Å². The lowest BCUT2D eigenvalue weighted by Gasteiger charge is -2.09. The van der Waals surface area contributed by atoms with E-state index in [2.05, 4.69) is 23.5 Å². The minimum atomic E-state index is -3.47. The molecule has 1 aromatic carbocycles. The third kappa shape index (κ3) is 4.97. The molecule has 4 nitrogen and oxygen atoms in total. The van der Waals surface area contributed by atoms with Gasteiger partial charge < -0.3 is 5.73 Å². The fraction of sp³-hybridized carbons (Fsp3) is 0.467. The van der Waals surface area contributed by atoms with Gasteiger partial charge in [0.2, 0.25) is 10.0 Å². The summed E-state index contributed by atoms with van der Waals surface area (Å²) in [5, 5.41) is 0. The summed E-state index contributed by atoms with van der Waals surface area (Å²) in [5.74, 6) is 5.58. The number of unbranched alkanes of at least 4 members (excludes halogenated alkanes) is 2. The Morgan fingerprint density at radius 1 is 1.30 bits per heavy atom. The van der Waals surface area contributed by atoms with Crippen molar-refractivity contribution in [3.8, 4) is 11.8 Å². The highest BCUT2D eigenvalue weighted by Gasteiger charge is 2.16. The van der Waals surface area contributed by atoms with E-state index in [-0.39, 0.29) is 11.4 Å². The minimum Gasteiger partial charge on any atom is -0.320 e. The molecule has 0 aliphatic rings. The molecule has 0 saturated carbocycles. The summed E-state index contributed by atoms with van der Waals surface area (Å²) in [5.41, 5.74) is 6.70. The van der Waals surface area contributed by atoms with Gasteiger partial charge in [0.1, 0.15) is 0 Å². The van der Waals surface area contributed by atoms with Crippen molar-refractivity contribution in [2.45, 2.75) is 38.0 Å². The molecule has 0 radical (unpaired) electrons. The first-order chi connectivity index (χ1) is 9.51. The molecule has 3 N–H and O–H groups in total. The van der Waals surface area contributed by atoms with Crippen LogP contribution >= 0.6 is 0 Å². The number of nitrogens with one attached hydrogen (secondary N) is 1. The van der Waals surface area contributed by atoms with Gasteiger partial charge in [-0.1, -0.05) is 37.7 Å². The van der Waals surface area contributed by atoms with Gasteiger partial charge in [0.15, 0.2) is 0 Å². The Balaban J connectivity index is 2.93. The van der Waals surface area contributed by atoms with E-state index in [1.807, 2.05) is 0 Å². The first-order valence-electron chi connectivity index (χ1n) is 6.80. The molecule has 1 aromatic rings. The Hall–Kier alpha value is -1.35. The van der Waals surface area contributed by atoms with Crippen LogP contribution in [0.15, 0.2) is 23.1 Å². The number of sulfonamides is 1. The van der Waals surface area contributed by atoms with Gasteiger partial charge in [-0.15, -0.1) is 0 Å². The van der Waals surface area contributed by atoms with E-state index >= 15 is 0 Å². The summed E-state index contributed by atoms with van der Waals surface area (Å²) in [6, 6.07) is 5.16. The van der Waals surface area contributed by atoms with E-state index < -0.39 is 10.0 Å². The second-order valence-corrected chi connectivity index (χ2v) is 6.33. The minimum absolute atomic E-state index is 0.255. The highest BCUT2D eigenvalue weighted by atomic mass is 32.2. The standard InChI is InChI=1S/C15H22N2O2S/c1-3-4-5-11-17-20(18,19)15-12-14(7-6-10-16)9-8-13(15)2/h8-9,12,17H,3-5,10-11,16H2,1-2H3. The average molecular weight is 294 g/mol. The molecular formula is C15H22N2O2S. The fourth-order valence-corrected chi connectivity index (χ4v) is 3.12. The van der Waals surface area contributed by atoms with Gasteiger partial charge in [0, 0.05) is 12.1 Å². The van der Waals surface area contributed by atoms with Crippen LogP contribution in [0, 0.1) is 18.8 Å². The molecule has 0 aliphatic heterocycles. The smallest absolute Gasteiger partial charge is 0.240 e. The van der Waals surface area contributed by atoms with Gasteiger partial charge in [-0.25, -0.2) is 13.1 Å². The van der Waals surface area contributed by atoms with Crippen LogP contribution in [-0.4, -0.2) is 21.5 Å². The molecule has 0 heterocycles. The van der Waals surface area contributed by atoms with Crippen molar-refractivity contribution < 1.29 is 8.42 Å². The Morgan fingerprint density at radius 2 is 2.05 bits per heavy atom. The molecule has 110 valence electrons. The van der Waals surface area contributed by atoms with E-state index in [0.29, 0.717) is 17.7 Å². The van der Waals surface area contributed by atoms with Crippen LogP contribution in [-0.2, 0) is 10.0 Å². The molecule has 0 aromatic heterocycles. The second-order valence-electron chi connectivity index (χ2n) is 4.59. The number of aryl methyl sites for hydroxylation is 1. The van der Waals surface area contributed by atoms with Gasteiger partial charge in [0.25, 0.3) is 0 Å². The van der Waals surface area contributed by atoms with Crippen molar-refractivity contribution in [3.63, 3.8) is 0 Å².